The van der Waals surface area contributed by atoms with E-state index in [4.69, 9.17) is 4.74 Å². The summed E-state index contributed by atoms with van der Waals surface area (Å²) in [4.78, 5) is 26.7. The average molecular weight is 402 g/mol. The van der Waals surface area contributed by atoms with Crippen molar-refractivity contribution in [3.63, 3.8) is 0 Å². The standard InChI is InChI=1S/C25H26N2O3/c1-3-19-10-16-23(17-11-19)30-18-24(28)26-21-14-12-20(13-15-21)25(29)27(4-2)22-8-6-5-7-9-22/h5-17H,3-4,18H2,1-2H3,(H,26,28). The zero-order chi connectivity index (χ0) is 21.3. The first-order valence-electron chi connectivity index (χ1n) is 10.1. The van der Waals surface area contributed by atoms with Crippen molar-refractivity contribution in [2.75, 3.05) is 23.4 Å². The highest BCUT2D eigenvalue weighted by Gasteiger charge is 2.16. The minimum atomic E-state index is -0.256. The van der Waals surface area contributed by atoms with Crippen LogP contribution in [0.1, 0.15) is 29.8 Å². The van der Waals surface area contributed by atoms with Crippen LogP contribution < -0.4 is 15.0 Å². The Bertz CT molecular complexity index is 968. The van der Waals surface area contributed by atoms with Crippen molar-refractivity contribution >= 4 is 23.2 Å². The SMILES string of the molecule is CCc1ccc(OCC(=O)Nc2ccc(C(=O)N(CC)c3ccccc3)cc2)cc1. The predicted octanol–water partition coefficient (Wildman–Crippen LogP) is 4.93. The number of carbonyl (C=O) groups is 2. The van der Waals surface area contributed by atoms with E-state index in [0.29, 0.717) is 23.5 Å². The van der Waals surface area contributed by atoms with Gasteiger partial charge in [0.25, 0.3) is 11.8 Å². The molecule has 0 radical (unpaired) electrons. The van der Waals surface area contributed by atoms with Crippen LogP contribution in [0.2, 0.25) is 0 Å². The van der Waals surface area contributed by atoms with Gasteiger partial charge in [0, 0.05) is 23.5 Å². The third-order valence-electron chi connectivity index (χ3n) is 4.75. The molecule has 0 unspecified atom stereocenters. The number of ether oxygens (including phenoxy) is 1. The van der Waals surface area contributed by atoms with Gasteiger partial charge >= 0.3 is 0 Å². The highest BCUT2D eigenvalue weighted by atomic mass is 16.5. The number of rotatable bonds is 8. The lowest BCUT2D eigenvalue weighted by Gasteiger charge is -2.21. The maximum absolute atomic E-state index is 12.8. The van der Waals surface area contributed by atoms with Crippen molar-refractivity contribution in [1.29, 1.82) is 0 Å². The summed E-state index contributed by atoms with van der Waals surface area (Å²) in [6.45, 7) is 4.51. The Morgan fingerprint density at radius 3 is 2.13 bits per heavy atom. The molecule has 0 atom stereocenters. The van der Waals surface area contributed by atoms with Crippen molar-refractivity contribution in [2.24, 2.45) is 0 Å². The fraction of sp³-hybridized carbons (Fsp3) is 0.200. The molecule has 1 N–H and O–H groups in total. The summed E-state index contributed by atoms with van der Waals surface area (Å²) in [6, 6.07) is 24.1. The smallest absolute Gasteiger partial charge is 0.262 e. The number of nitrogens with one attached hydrogen (secondary N) is 1. The van der Waals surface area contributed by atoms with Gasteiger partial charge in [-0.25, -0.2) is 0 Å². The molecule has 0 fully saturated rings. The predicted molar refractivity (Wildman–Crippen MR) is 120 cm³/mol. The molecular formula is C25H26N2O3. The van der Waals surface area contributed by atoms with Crippen LogP contribution in [-0.2, 0) is 11.2 Å². The van der Waals surface area contributed by atoms with E-state index in [9.17, 15) is 9.59 Å². The van der Waals surface area contributed by atoms with Crippen LogP contribution in [0.4, 0.5) is 11.4 Å². The fourth-order valence-corrected chi connectivity index (χ4v) is 3.07. The van der Waals surface area contributed by atoms with E-state index in [1.54, 1.807) is 29.2 Å². The fourth-order valence-electron chi connectivity index (χ4n) is 3.07. The van der Waals surface area contributed by atoms with Crippen LogP contribution in [0, 0.1) is 0 Å². The van der Waals surface area contributed by atoms with Gasteiger partial charge in [-0.15, -0.1) is 0 Å². The molecule has 0 aliphatic carbocycles. The number of hydrogen-bond donors (Lipinski definition) is 1. The monoisotopic (exact) mass is 402 g/mol. The van der Waals surface area contributed by atoms with Gasteiger partial charge in [-0.1, -0.05) is 37.3 Å². The van der Waals surface area contributed by atoms with Crippen LogP contribution in [0.5, 0.6) is 5.75 Å². The quantitative estimate of drug-likeness (QED) is 0.581. The summed E-state index contributed by atoms with van der Waals surface area (Å²) in [5, 5.41) is 2.79. The molecule has 0 saturated heterocycles. The molecule has 0 bridgehead atoms. The number of aryl methyl sites for hydroxylation is 1. The summed E-state index contributed by atoms with van der Waals surface area (Å²) >= 11 is 0. The van der Waals surface area contributed by atoms with Gasteiger partial charge in [0.05, 0.1) is 0 Å². The average Bonchev–Trinajstić information content (AvgIpc) is 2.79. The molecule has 0 spiro atoms. The molecule has 154 valence electrons. The number of hydrogen-bond acceptors (Lipinski definition) is 3. The van der Waals surface area contributed by atoms with Gasteiger partial charge in [-0.3, -0.25) is 9.59 Å². The van der Waals surface area contributed by atoms with Crippen LogP contribution in [0.25, 0.3) is 0 Å². The molecule has 0 heterocycles. The van der Waals surface area contributed by atoms with Crippen LogP contribution in [0.3, 0.4) is 0 Å². The Morgan fingerprint density at radius 2 is 1.53 bits per heavy atom. The van der Waals surface area contributed by atoms with Crippen molar-refractivity contribution < 1.29 is 14.3 Å². The van der Waals surface area contributed by atoms with Gasteiger partial charge in [0.15, 0.2) is 6.61 Å². The number of para-hydroxylation sites is 1. The molecule has 5 nitrogen and oxygen atoms in total. The Balaban J connectivity index is 1.56. The summed E-state index contributed by atoms with van der Waals surface area (Å²) < 4.78 is 5.52. The molecule has 3 aromatic carbocycles. The second-order valence-corrected chi connectivity index (χ2v) is 6.80. The summed E-state index contributed by atoms with van der Waals surface area (Å²) in [5.74, 6) is 0.317. The first-order chi connectivity index (χ1) is 14.6. The molecule has 0 aromatic heterocycles. The number of anilines is 2. The molecular weight excluding hydrogens is 376 g/mol. The number of nitrogens with zero attached hydrogens (tertiary/aromatic N) is 1. The van der Waals surface area contributed by atoms with Crippen LogP contribution >= 0.6 is 0 Å². The summed E-state index contributed by atoms with van der Waals surface area (Å²) in [7, 11) is 0. The topological polar surface area (TPSA) is 58.6 Å². The van der Waals surface area contributed by atoms with Gasteiger partial charge in [-0.2, -0.15) is 0 Å². The van der Waals surface area contributed by atoms with Crippen LogP contribution in [-0.4, -0.2) is 25.0 Å². The Hall–Kier alpha value is -3.60. The second kappa shape index (κ2) is 10.3. The maximum Gasteiger partial charge on any atom is 0.262 e. The Kier molecular flexibility index (Phi) is 7.22. The Labute approximate surface area is 177 Å². The summed E-state index contributed by atoms with van der Waals surface area (Å²) in [6.07, 6.45) is 0.959. The molecule has 30 heavy (non-hydrogen) atoms. The van der Waals surface area contributed by atoms with Crippen molar-refractivity contribution in [2.45, 2.75) is 20.3 Å². The molecule has 2 amide bonds. The van der Waals surface area contributed by atoms with E-state index in [1.165, 1.54) is 5.56 Å². The van der Waals surface area contributed by atoms with Gasteiger partial charge in [0.2, 0.25) is 0 Å². The van der Waals surface area contributed by atoms with Crippen molar-refractivity contribution in [3.05, 3.63) is 90.0 Å². The van der Waals surface area contributed by atoms with Gasteiger partial charge in [0.1, 0.15) is 5.75 Å². The summed E-state index contributed by atoms with van der Waals surface area (Å²) in [5.41, 5.74) is 3.25. The molecule has 3 aromatic rings. The third kappa shape index (κ3) is 5.47. The lowest BCUT2D eigenvalue weighted by molar-refractivity contribution is -0.118. The van der Waals surface area contributed by atoms with Gasteiger partial charge < -0.3 is 15.0 Å². The molecule has 3 rings (SSSR count). The van der Waals surface area contributed by atoms with E-state index < -0.39 is 0 Å². The minimum Gasteiger partial charge on any atom is -0.484 e. The lowest BCUT2D eigenvalue weighted by Crippen LogP contribution is -2.30. The van der Waals surface area contributed by atoms with E-state index in [1.807, 2.05) is 61.5 Å². The minimum absolute atomic E-state index is 0.0796. The Morgan fingerprint density at radius 1 is 0.867 bits per heavy atom. The zero-order valence-corrected chi connectivity index (χ0v) is 17.3. The van der Waals surface area contributed by atoms with Crippen LogP contribution in [0.15, 0.2) is 78.9 Å². The molecule has 5 heteroatoms. The number of benzene rings is 3. The van der Waals surface area contributed by atoms with E-state index >= 15 is 0 Å². The third-order valence-corrected chi connectivity index (χ3v) is 4.75. The van der Waals surface area contributed by atoms with E-state index in [-0.39, 0.29) is 18.4 Å². The number of carbonyl (C=O) groups excluding carboxylic acids is 2. The number of amides is 2. The maximum atomic E-state index is 12.8. The largest absolute Gasteiger partial charge is 0.484 e. The van der Waals surface area contributed by atoms with E-state index in [2.05, 4.69) is 12.2 Å². The van der Waals surface area contributed by atoms with Crippen molar-refractivity contribution in [1.82, 2.24) is 0 Å². The lowest BCUT2D eigenvalue weighted by atomic mass is 10.1. The highest BCUT2D eigenvalue weighted by molar-refractivity contribution is 6.06. The zero-order valence-electron chi connectivity index (χ0n) is 17.3. The first kappa shape index (κ1) is 21.1. The normalized spacial score (nSPS) is 10.3. The van der Waals surface area contributed by atoms with E-state index in [0.717, 1.165) is 12.1 Å². The molecule has 0 saturated carbocycles. The second-order valence-electron chi connectivity index (χ2n) is 6.80. The first-order valence-corrected chi connectivity index (χ1v) is 10.1. The van der Waals surface area contributed by atoms with Gasteiger partial charge in [-0.05, 0) is 67.4 Å². The highest BCUT2D eigenvalue weighted by Crippen LogP contribution is 2.18. The van der Waals surface area contributed by atoms with Crippen molar-refractivity contribution in [3.8, 4) is 5.75 Å². The molecule has 0 aliphatic heterocycles. The molecule has 0 aliphatic rings.